The lowest BCUT2D eigenvalue weighted by molar-refractivity contribution is 1.12. The van der Waals surface area contributed by atoms with E-state index in [9.17, 15) is 5.26 Å². The zero-order chi connectivity index (χ0) is 13.9. The van der Waals surface area contributed by atoms with Crippen LogP contribution in [0.3, 0.4) is 0 Å². The highest BCUT2D eigenvalue weighted by Crippen LogP contribution is 2.31. The number of nitrogens with zero attached hydrogens (tertiary/aromatic N) is 3. The maximum Gasteiger partial charge on any atom is 0.188 e. The second-order valence-corrected chi connectivity index (χ2v) is 4.47. The molecule has 4 heteroatoms. The Morgan fingerprint density at radius 3 is 2.50 bits per heavy atom. The summed E-state index contributed by atoms with van der Waals surface area (Å²) in [5, 5.41) is 13.7. The number of nitriles is 1. The van der Waals surface area contributed by atoms with Crippen molar-refractivity contribution in [2.24, 2.45) is 4.99 Å². The van der Waals surface area contributed by atoms with Gasteiger partial charge < -0.3 is 0 Å². The third-order valence-electron chi connectivity index (χ3n) is 3.15. The van der Waals surface area contributed by atoms with E-state index >= 15 is 0 Å². The Balaban J connectivity index is 2.23. The number of isothiocyanates is 1. The highest BCUT2D eigenvalue weighted by Gasteiger charge is 2.10. The lowest BCUT2D eigenvalue weighted by Crippen LogP contribution is -1.89. The fourth-order valence-corrected chi connectivity index (χ4v) is 2.38. The minimum absolute atomic E-state index is 0.753. The molecule has 1 heterocycles. The molecule has 94 valence electrons. The van der Waals surface area contributed by atoms with Gasteiger partial charge in [0.1, 0.15) is 0 Å². The summed E-state index contributed by atoms with van der Waals surface area (Å²) in [6.45, 7) is 0. The van der Waals surface area contributed by atoms with Gasteiger partial charge in [-0.05, 0) is 24.4 Å². The van der Waals surface area contributed by atoms with Crippen LogP contribution in [-0.4, -0.2) is 9.73 Å². The Morgan fingerprint density at radius 2 is 1.80 bits per heavy atom. The van der Waals surface area contributed by atoms with Crippen molar-refractivity contribution < 1.29 is 0 Å². The Morgan fingerprint density at radius 1 is 1.05 bits per heavy atom. The quantitative estimate of drug-likeness (QED) is 0.514. The summed E-state index contributed by atoms with van der Waals surface area (Å²) in [6, 6.07) is 15.5. The fraction of sp³-hybridized carbons (Fsp3) is 0. The molecule has 1 aromatic heterocycles. The van der Waals surface area contributed by atoms with Crippen molar-refractivity contribution in [1.29, 1.82) is 5.26 Å². The van der Waals surface area contributed by atoms with E-state index in [-0.39, 0.29) is 0 Å². The summed E-state index contributed by atoms with van der Waals surface area (Å²) < 4.78 is 1.59. The van der Waals surface area contributed by atoms with Gasteiger partial charge in [0.2, 0.25) is 0 Å². The van der Waals surface area contributed by atoms with Gasteiger partial charge in [0.05, 0.1) is 16.5 Å². The highest BCUT2D eigenvalue weighted by atomic mass is 32.1. The van der Waals surface area contributed by atoms with Crippen LogP contribution in [0.5, 0.6) is 0 Å². The molecule has 0 saturated carbocycles. The number of aromatic nitrogens is 1. The first kappa shape index (κ1) is 12.3. The second kappa shape index (κ2) is 5.10. The van der Waals surface area contributed by atoms with E-state index in [4.69, 9.17) is 0 Å². The van der Waals surface area contributed by atoms with Gasteiger partial charge in [0, 0.05) is 22.5 Å². The van der Waals surface area contributed by atoms with Gasteiger partial charge in [-0.25, -0.2) is 0 Å². The lowest BCUT2D eigenvalue weighted by atomic mass is 10.1. The van der Waals surface area contributed by atoms with E-state index < -0.39 is 0 Å². The molecule has 3 rings (SSSR count). The molecule has 0 atom stereocenters. The number of hydrogen-bond donors (Lipinski definition) is 0. The van der Waals surface area contributed by atoms with Crippen molar-refractivity contribution in [3.63, 3.8) is 0 Å². The Bertz CT molecular complexity index is 863. The van der Waals surface area contributed by atoms with Gasteiger partial charge in [0.15, 0.2) is 6.19 Å². The van der Waals surface area contributed by atoms with Crippen molar-refractivity contribution in [1.82, 2.24) is 4.57 Å². The van der Waals surface area contributed by atoms with Gasteiger partial charge in [0.25, 0.3) is 0 Å². The summed E-state index contributed by atoms with van der Waals surface area (Å²) in [5.74, 6) is 0. The molecule has 0 saturated heterocycles. The molecular weight excluding hydrogens is 266 g/mol. The van der Waals surface area contributed by atoms with Crippen LogP contribution in [0.4, 0.5) is 5.69 Å². The monoisotopic (exact) mass is 275 g/mol. The van der Waals surface area contributed by atoms with Crippen molar-refractivity contribution in [3.8, 4) is 17.5 Å². The van der Waals surface area contributed by atoms with Crippen LogP contribution >= 0.6 is 12.2 Å². The predicted molar refractivity (Wildman–Crippen MR) is 83.1 cm³/mol. The average Bonchev–Trinajstić information content (AvgIpc) is 2.87. The number of fused-ring (bicyclic) bond motifs is 1. The number of hydrogen-bond acceptors (Lipinski definition) is 3. The van der Waals surface area contributed by atoms with Crippen LogP contribution in [0, 0.1) is 11.5 Å². The molecule has 0 unspecified atom stereocenters. The van der Waals surface area contributed by atoms with Crippen molar-refractivity contribution in [3.05, 3.63) is 54.7 Å². The summed E-state index contributed by atoms with van der Waals surface area (Å²) in [6.07, 6.45) is 4.03. The Kier molecular flexibility index (Phi) is 3.14. The zero-order valence-corrected chi connectivity index (χ0v) is 11.3. The molecule has 0 fully saturated rings. The summed E-state index contributed by atoms with van der Waals surface area (Å²) in [4.78, 5) is 3.93. The fourth-order valence-electron chi connectivity index (χ4n) is 2.28. The lowest BCUT2D eigenvalue weighted by Gasteiger charge is -2.03. The van der Waals surface area contributed by atoms with E-state index in [0.717, 1.165) is 27.7 Å². The van der Waals surface area contributed by atoms with Crippen molar-refractivity contribution in [2.45, 2.75) is 0 Å². The second-order valence-electron chi connectivity index (χ2n) is 4.28. The standard InChI is InChI=1S/C16H9N3S/c17-10-19-9-13-3-1-2-4-15(13)16(19)12-5-7-14(8-6-12)18-11-20/h1-9H. The van der Waals surface area contributed by atoms with Crippen LogP contribution in [0.2, 0.25) is 0 Å². The molecule has 0 aliphatic carbocycles. The minimum Gasteiger partial charge on any atom is -0.253 e. The Labute approximate surface area is 121 Å². The van der Waals surface area contributed by atoms with Gasteiger partial charge in [-0.15, -0.1) is 0 Å². The van der Waals surface area contributed by atoms with Crippen LogP contribution in [0.1, 0.15) is 0 Å². The van der Waals surface area contributed by atoms with Crippen LogP contribution < -0.4 is 0 Å². The first-order chi connectivity index (χ1) is 9.83. The topological polar surface area (TPSA) is 41.1 Å². The van der Waals surface area contributed by atoms with Gasteiger partial charge in [-0.1, -0.05) is 36.4 Å². The molecule has 0 spiro atoms. The number of thiocarbonyl (C=S) groups is 1. The highest BCUT2D eigenvalue weighted by molar-refractivity contribution is 7.78. The average molecular weight is 275 g/mol. The number of benzene rings is 2. The third-order valence-corrected chi connectivity index (χ3v) is 3.24. The molecule has 0 amide bonds. The normalized spacial score (nSPS) is 9.95. The number of rotatable bonds is 2. The maximum absolute atomic E-state index is 9.29. The molecule has 3 nitrogen and oxygen atoms in total. The van der Waals surface area contributed by atoms with Gasteiger partial charge in [-0.3, -0.25) is 4.57 Å². The summed E-state index contributed by atoms with van der Waals surface area (Å²) in [5.41, 5.74) is 2.61. The minimum atomic E-state index is 0.753. The first-order valence-electron chi connectivity index (χ1n) is 6.02. The molecule has 2 aromatic carbocycles. The van der Waals surface area contributed by atoms with E-state index in [1.165, 1.54) is 0 Å². The molecule has 0 aliphatic rings. The predicted octanol–water partition coefficient (Wildman–Crippen LogP) is 4.37. The molecule has 0 N–H and O–H groups in total. The van der Waals surface area contributed by atoms with E-state index in [0.29, 0.717) is 0 Å². The molecule has 3 aromatic rings. The molecule has 20 heavy (non-hydrogen) atoms. The van der Waals surface area contributed by atoms with Crippen molar-refractivity contribution in [2.75, 3.05) is 0 Å². The Hall–Kier alpha value is -2.73. The first-order valence-corrected chi connectivity index (χ1v) is 6.43. The molecule has 0 aliphatic heterocycles. The van der Waals surface area contributed by atoms with Crippen LogP contribution in [0.25, 0.3) is 22.0 Å². The summed E-state index contributed by atoms with van der Waals surface area (Å²) in [7, 11) is 0. The van der Waals surface area contributed by atoms with Gasteiger partial charge in [-0.2, -0.15) is 10.3 Å². The van der Waals surface area contributed by atoms with E-state index in [1.807, 2.05) is 54.7 Å². The molecule has 0 bridgehead atoms. The van der Waals surface area contributed by atoms with E-state index in [1.54, 1.807) is 4.57 Å². The smallest absolute Gasteiger partial charge is 0.188 e. The number of aliphatic imine (C=N–C) groups is 1. The molecular formula is C16H9N3S. The maximum atomic E-state index is 9.29. The van der Waals surface area contributed by atoms with Gasteiger partial charge >= 0.3 is 0 Å². The molecule has 0 radical (unpaired) electrons. The van der Waals surface area contributed by atoms with Crippen LogP contribution in [0.15, 0.2) is 59.7 Å². The summed E-state index contributed by atoms with van der Waals surface area (Å²) >= 11 is 4.59. The third kappa shape index (κ3) is 2.02. The van der Waals surface area contributed by atoms with Crippen molar-refractivity contribution >= 4 is 33.8 Å². The largest absolute Gasteiger partial charge is 0.253 e. The van der Waals surface area contributed by atoms with Crippen LogP contribution in [-0.2, 0) is 0 Å². The zero-order valence-electron chi connectivity index (χ0n) is 10.4. The SMILES string of the molecule is N#Cn1cc2ccccc2c1-c1ccc(N=C=S)cc1. The van der Waals surface area contributed by atoms with E-state index in [2.05, 4.69) is 28.6 Å².